The zero-order chi connectivity index (χ0) is 17.5. The molecule has 0 heterocycles. The molecule has 2 aromatic rings. The van der Waals surface area contributed by atoms with Crippen LogP contribution < -0.4 is 10.1 Å². The van der Waals surface area contributed by atoms with Gasteiger partial charge >= 0.3 is 5.97 Å². The van der Waals surface area contributed by atoms with Gasteiger partial charge in [-0.15, -0.1) is 0 Å². The number of carbonyl (C=O) groups excluding carboxylic acids is 2. The maximum absolute atomic E-state index is 11.9. The molecular weight excluding hydrogens is 334 g/mol. The molecule has 0 aliphatic rings. The average molecular weight is 350 g/mol. The summed E-state index contributed by atoms with van der Waals surface area (Å²) in [6.07, 6.45) is 0.00798. The second kappa shape index (κ2) is 8.21. The highest BCUT2D eigenvalue weighted by atomic mass is 35.5. The van der Waals surface area contributed by atoms with E-state index in [1.165, 1.54) is 25.3 Å². The third-order valence-electron chi connectivity index (χ3n) is 3.08. The van der Waals surface area contributed by atoms with Crippen LogP contribution in [0.25, 0.3) is 0 Å². The van der Waals surface area contributed by atoms with Gasteiger partial charge in [-0.1, -0.05) is 23.7 Å². The van der Waals surface area contributed by atoms with Crippen molar-refractivity contribution < 1.29 is 24.2 Å². The molecule has 0 radical (unpaired) electrons. The Balaban J connectivity index is 1.85. The fraction of sp³-hybridized carbons (Fsp3) is 0.176. The summed E-state index contributed by atoms with van der Waals surface area (Å²) in [5.41, 5.74) is 1.07. The highest BCUT2D eigenvalue weighted by molar-refractivity contribution is 6.31. The second-order valence-corrected chi connectivity index (χ2v) is 5.33. The van der Waals surface area contributed by atoms with E-state index in [4.69, 9.17) is 21.1 Å². The molecule has 0 unspecified atom stereocenters. The molecular formula is C17H16ClNO5. The molecule has 0 atom stereocenters. The van der Waals surface area contributed by atoms with Crippen molar-refractivity contribution in [2.24, 2.45) is 0 Å². The average Bonchev–Trinajstić information content (AvgIpc) is 2.55. The van der Waals surface area contributed by atoms with Gasteiger partial charge in [0.2, 0.25) is 0 Å². The molecule has 0 saturated carbocycles. The lowest BCUT2D eigenvalue weighted by atomic mass is 10.1. The van der Waals surface area contributed by atoms with Crippen molar-refractivity contribution in [3.8, 4) is 11.5 Å². The van der Waals surface area contributed by atoms with Gasteiger partial charge in [-0.2, -0.15) is 0 Å². The quantitative estimate of drug-likeness (QED) is 0.783. The van der Waals surface area contributed by atoms with Crippen LogP contribution in [0.15, 0.2) is 42.5 Å². The van der Waals surface area contributed by atoms with Gasteiger partial charge in [0.15, 0.2) is 6.61 Å². The number of amides is 1. The number of carbonyl (C=O) groups is 2. The molecule has 24 heavy (non-hydrogen) atoms. The third kappa shape index (κ3) is 5.17. The number of ether oxygens (including phenoxy) is 2. The van der Waals surface area contributed by atoms with Crippen molar-refractivity contribution in [1.82, 2.24) is 0 Å². The molecule has 7 heteroatoms. The molecule has 0 fully saturated rings. The monoisotopic (exact) mass is 349 g/mol. The van der Waals surface area contributed by atoms with Crippen LogP contribution in [0.5, 0.6) is 11.5 Å². The Hall–Kier alpha value is -2.73. The Labute approximate surface area is 144 Å². The molecule has 2 rings (SSSR count). The minimum Gasteiger partial charge on any atom is -0.508 e. The van der Waals surface area contributed by atoms with Crippen LogP contribution in [0.1, 0.15) is 5.56 Å². The van der Waals surface area contributed by atoms with Crippen molar-refractivity contribution in [3.63, 3.8) is 0 Å². The molecule has 0 aliphatic carbocycles. The van der Waals surface area contributed by atoms with E-state index in [1.54, 1.807) is 24.3 Å². The van der Waals surface area contributed by atoms with Crippen LogP contribution >= 0.6 is 11.6 Å². The summed E-state index contributed by atoms with van der Waals surface area (Å²) in [6.45, 7) is -0.424. The van der Waals surface area contributed by atoms with Gasteiger partial charge in [-0.25, -0.2) is 0 Å². The molecule has 2 aromatic carbocycles. The van der Waals surface area contributed by atoms with E-state index >= 15 is 0 Å². The molecule has 6 nitrogen and oxygen atoms in total. The second-order valence-electron chi connectivity index (χ2n) is 4.90. The fourth-order valence-corrected chi connectivity index (χ4v) is 2.11. The Morgan fingerprint density at radius 2 is 1.88 bits per heavy atom. The number of halogens is 1. The van der Waals surface area contributed by atoms with Gasteiger partial charge in [0.25, 0.3) is 5.91 Å². The summed E-state index contributed by atoms with van der Waals surface area (Å²) in [7, 11) is 1.47. The zero-order valence-electron chi connectivity index (χ0n) is 12.9. The topological polar surface area (TPSA) is 84.9 Å². The fourth-order valence-electron chi connectivity index (χ4n) is 1.94. The van der Waals surface area contributed by atoms with Crippen molar-refractivity contribution in [1.29, 1.82) is 0 Å². The smallest absolute Gasteiger partial charge is 0.310 e. The summed E-state index contributed by atoms with van der Waals surface area (Å²) < 4.78 is 10.0. The number of methoxy groups -OCH3 is 1. The van der Waals surface area contributed by atoms with E-state index in [0.717, 1.165) is 0 Å². The van der Waals surface area contributed by atoms with E-state index in [9.17, 15) is 14.7 Å². The van der Waals surface area contributed by atoms with Crippen molar-refractivity contribution in [3.05, 3.63) is 53.1 Å². The van der Waals surface area contributed by atoms with Gasteiger partial charge in [0.05, 0.1) is 19.2 Å². The van der Waals surface area contributed by atoms with Crippen LogP contribution in [0.2, 0.25) is 5.02 Å². The summed E-state index contributed by atoms with van der Waals surface area (Å²) >= 11 is 5.88. The van der Waals surface area contributed by atoms with Gasteiger partial charge < -0.3 is 19.9 Å². The number of rotatable bonds is 6. The first-order chi connectivity index (χ1) is 11.5. The van der Waals surface area contributed by atoms with E-state index in [-0.39, 0.29) is 12.2 Å². The molecule has 0 spiro atoms. The van der Waals surface area contributed by atoms with Gasteiger partial charge in [0.1, 0.15) is 11.5 Å². The van der Waals surface area contributed by atoms with Crippen LogP contribution in [0, 0.1) is 0 Å². The number of hydrogen-bond donors (Lipinski definition) is 2. The predicted molar refractivity (Wildman–Crippen MR) is 89.4 cm³/mol. The summed E-state index contributed by atoms with van der Waals surface area (Å²) in [5.74, 6) is -0.492. The Kier molecular flexibility index (Phi) is 6.03. The van der Waals surface area contributed by atoms with Crippen LogP contribution in [0.3, 0.4) is 0 Å². The summed E-state index contributed by atoms with van der Waals surface area (Å²) in [6, 6.07) is 10.9. The lowest BCUT2D eigenvalue weighted by molar-refractivity contribution is -0.146. The number of anilines is 1. The Morgan fingerprint density at radius 3 is 2.54 bits per heavy atom. The largest absolute Gasteiger partial charge is 0.508 e. The first kappa shape index (κ1) is 17.6. The SMILES string of the molecule is COc1ccc(Cl)cc1NC(=O)COC(=O)Cc1ccc(O)cc1. The summed E-state index contributed by atoms with van der Waals surface area (Å²) in [5, 5.41) is 12.2. The normalized spacial score (nSPS) is 10.1. The van der Waals surface area contributed by atoms with Gasteiger partial charge in [-0.05, 0) is 35.9 Å². The standard InChI is InChI=1S/C17H16ClNO5/c1-23-15-7-4-12(18)9-14(15)19-16(21)10-24-17(22)8-11-2-5-13(20)6-3-11/h2-7,9,20H,8,10H2,1H3,(H,19,21). The van der Waals surface area contributed by atoms with Gasteiger partial charge in [-0.3, -0.25) is 9.59 Å². The molecule has 0 aliphatic heterocycles. The number of hydrogen-bond acceptors (Lipinski definition) is 5. The molecule has 2 N–H and O–H groups in total. The van der Waals surface area contributed by atoms with E-state index in [0.29, 0.717) is 22.0 Å². The number of benzene rings is 2. The number of nitrogens with one attached hydrogen (secondary N) is 1. The first-order valence-corrected chi connectivity index (χ1v) is 7.42. The van der Waals surface area contributed by atoms with E-state index in [2.05, 4.69) is 5.32 Å². The number of phenols is 1. The minimum atomic E-state index is -0.547. The van der Waals surface area contributed by atoms with Crippen molar-refractivity contribution in [2.45, 2.75) is 6.42 Å². The lowest BCUT2D eigenvalue weighted by Gasteiger charge is -2.11. The van der Waals surface area contributed by atoms with Crippen LogP contribution in [0.4, 0.5) is 5.69 Å². The molecule has 0 saturated heterocycles. The maximum Gasteiger partial charge on any atom is 0.310 e. The maximum atomic E-state index is 11.9. The highest BCUT2D eigenvalue weighted by Crippen LogP contribution is 2.27. The van der Waals surface area contributed by atoms with E-state index in [1.807, 2.05) is 0 Å². The zero-order valence-corrected chi connectivity index (χ0v) is 13.7. The van der Waals surface area contributed by atoms with Crippen molar-refractivity contribution in [2.75, 3.05) is 19.0 Å². The number of esters is 1. The van der Waals surface area contributed by atoms with Crippen LogP contribution in [-0.2, 0) is 20.7 Å². The van der Waals surface area contributed by atoms with E-state index < -0.39 is 18.5 Å². The Morgan fingerprint density at radius 1 is 1.17 bits per heavy atom. The van der Waals surface area contributed by atoms with Crippen molar-refractivity contribution >= 4 is 29.2 Å². The lowest BCUT2D eigenvalue weighted by Crippen LogP contribution is -2.21. The molecule has 1 amide bonds. The first-order valence-electron chi connectivity index (χ1n) is 7.05. The third-order valence-corrected chi connectivity index (χ3v) is 3.32. The molecule has 0 aromatic heterocycles. The number of phenolic OH excluding ortho intramolecular Hbond substituents is 1. The predicted octanol–water partition coefficient (Wildman–Crippen LogP) is 2.78. The Bertz CT molecular complexity index is 730. The highest BCUT2D eigenvalue weighted by Gasteiger charge is 2.11. The van der Waals surface area contributed by atoms with Crippen LogP contribution in [-0.4, -0.2) is 30.7 Å². The molecule has 126 valence electrons. The number of aromatic hydroxyl groups is 1. The summed E-state index contributed by atoms with van der Waals surface area (Å²) in [4.78, 5) is 23.6. The minimum absolute atomic E-state index is 0.00798. The van der Waals surface area contributed by atoms with Gasteiger partial charge in [0, 0.05) is 5.02 Å². The molecule has 0 bridgehead atoms.